The van der Waals surface area contributed by atoms with Gasteiger partial charge < -0.3 is 9.47 Å². The monoisotopic (exact) mass is 373 g/mol. The first-order valence-corrected chi connectivity index (χ1v) is 9.12. The molecular formula is C20H20FNO5. The quantitative estimate of drug-likeness (QED) is 0.316. The highest BCUT2D eigenvalue weighted by Crippen LogP contribution is 2.52. The lowest BCUT2D eigenvalue weighted by molar-refractivity contribution is -0.153. The average Bonchev–Trinajstić information content (AvgIpc) is 3.33. The van der Waals surface area contributed by atoms with Crippen molar-refractivity contribution in [2.75, 3.05) is 19.8 Å². The van der Waals surface area contributed by atoms with Crippen LogP contribution < -0.4 is 4.74 Å². The van der Waals surface area contributed by atoms with Gasteiger partial charge >= 0.3 is 5.97 Å². The zero-order chi connectivity index (χ0) is 19.0. The van der Waals surface area contributed by atoms with Crippen molar-refractivity contribution in [3.05, 3.63) is 42.2 Å². The molecule has 0 radical (unpaired) electrons. The van der Waals surface area contributed by atoms with Gasteiger partial charge in [-0.25, -0.2) is 4.39 Å². The van der Waals surface area contributed by atoms with Crippen molar-refractivity contribution in [3.63, 3.8) is 0 Å². The number of hydrogen-bond acceptors (Lipinski definition) is 5. The summed E-state index contributed by atoms with van der Waals surface area (Å²) in [5.74, 6) is -1.26. The maximum absolute atomic E-state index is 12.8. The van der Waals surface area contributed by atoms with Crippen LogP contribution in [-0.4, -0.2) is 42.4 Å². The van der Waals surface area contributed by atoms with E-state index < -0.39 is 5.97 Å². The van der Waals surface area contributed by atoms with Gasteiger partial charge in [0.05, 0.1) is 25.0 Å². The summed E-state index contributed by atoms with van der Waals surface area (Å²) in [5, 5.41) is 0. The summed E-state index contributed by atoms with van der Waals surface area (Å²) >= 11 is 0. The number of esters is 1. The Balaban J connectivity index is 1.19. The molecule has 2 bridgehead atoms. The van der Waals surface area contributed by atoms with Gasteiger partial charge in [-0.3, -0.25) is 19.3 Å². The number of carbonyl (C=O) groups excluding carboxylic acids is 3. The molecule has 4 rings (SSSR count). The number of fused-ring (bicyclic) bond motifs is 5. The van der Waals surface area contributed by atoms with Crippen molar-refractivity contribution < 1.29 is 28.2 Å². The van der Waals surface area contributed by atoms with Crippen LogP contribution in [0.1, 0.15) is 12.8 Å². The number of halogens is 1. The van der Waals surface area contributed by atoms with Crippen molar-refractivity contribution in [2.24, 2.45) is 23.7 Å². The van der Waals surface area contributed by atoms with E-state index in [0.717, 1.165) is 11.3 Å². The third kappa shape index (κ3) is 3.34. The Morgan fingerprint density at radius 2 is 1.67 bits per heavy atom. The molecule has 27 heavy (non-hydrogen) atoms. The zero-order valence-corrected chi connectivity index (χ0v) is 14.7. The molecule has 1 aromatic carbocycles. The Kier molecular flexibility index (Phi) is 4.68. The molecule has 1 saturated carbocycles. The van der Waals surface area contributed by atoms with E-state index in [-0.39, 0.29) is 54.5 Å². The molecule has 6 nitrogen and oxygen atoms in total. The maximum atomic E-state index is 12.8. The second kappa shape index (κ2) is 7.13. The lowest BCUT2D eigenvalue weighted by atomic mass is 9.85. The number of allylic oxidation sites excluding steroid dienone is 2. The second-order valence-electron chi connectivity index (χ2n) is 7.14. The van der Waals surface area contributed by atoms with Crippen LogP contribution in [0.5, 0.6) is 5.75 Å². The van der Waals surface area contributed by atoms with E-state index in [1.807, 2.05) is 12.2 Å². The SMILES string of the molecule is O=C(CN1C(=O)C2C3C=CC(C3)C2C1=O)OCCCOc1ccc(F)cc1. The van der Waals surface area contributed by atoms with Gasteiger partial charge in [0.1, 0.15) is 18.1 Å². The molecule has 3 aliphatic rings. The summed E-state index contributed by atoms with van der Waals surface area (Å²) in [5.41, 5.74) is 0. The summed E-state index contributed by atoms with van der Waals surface area (Å²) in [4.78, 5) is 38.0. The fourth-order valence-corrected chi connectivity index (χ4v) is 4.26. The first-order chi connectivity index (χ1) is 13.0. The Labute approximate surface area is 155 Å². The number of carbonyl (C=O) groups is 3. The number of hydrogen-bond donors (Lipinski definition) is 0. The predicted molar refractivity (Wildman–Crippen MR) is 91.9 cm³/mol. The smallest absolute Gasteiger partial charge is 0.326 e. The van der Waals surface area contributed by atoms with E-state index >= 15 is 0 Å². The third-order valence-corrected chi connectivity index (χ3v) is 5.48. The fraction of sp³-hybridized carbons (Fsp3) is 0.450. The van der Waals surface area contributed by atoms with Gasteiger partial charge in [0.25, 0.3) is 0 Å². The number of rotatable bonds is 7. The van der Waals surface area contributed by atoms with Crippen LogP contribution in [0.2, 0.25) is 0 Å². The summed E-state index contributed by atoms with van der Waals surface area (Å²) in [6, 6.07) is 5.64. The molecule has 1 aliphatic heterocycles. The van der Waals surface area contributed by atoms with Crippen molar-refractivity contribution in [3.8, 4) is 5.75 Å². The standard InChI is InChI=1S/C20H20FNO5/c21-14-4-6-15(7-5-14)26-8-1-9-27-16(23)11-22-19(24)17-12-2-3-13(10-12)18(17)20(22)25/h2-7,12-13,17-18H,1,8-11H2. The van der Waals surface area contributed by atoms with E-state index in [1.54, 1.807) is 0 Å². The van der Waals surface area contributed by atoms with E-state index in [0.29, 0.717) is 18.8 Å². The Hall–Kier alpha value is -2.70. The van der Waals surface area contributed by atoms with Gasteiger partial charge in [-0.1, -0.05) is 12.2 Å². The zero-order valence-electron chi connectivity index (χ0n) is 14.7. The second-order valence-corrected chi connectivity index (χ2v) is 7.14. The summed E-state index contributed by atoms with van der Waals surface area (Å²) in [7, 11) is 0. The molecule has 2 aliphatic carbocycles. The fourth-order valence-electron chi connectivity index (χ4n) is 4.26. The van der Waals surface area contributed by atoms with Crippen LogP contribution in [0, 0.1) is 29.5 Å². The average molecular weight is 373 g/mol. The molecule has 0 N–H and O–H groups in total. The molecule has 4 atom stereocenters. The molecule has 0 spiro atoms. The predicted octanol–water partition coefficient (Wildman–Crippen LogP) is 1.94. The number of likely N-dealkylation sites (tertiary alicyclic amines) is 1. The Bertz CT molecular complexity index is 760. The first-order valence-electron chi connectivity index (χ1n) is 9.12. The minimum atomic E-state index is -0.598. The van der Waals surface area contributed by atoms with Gasteiger partial charge in [0.15, 0.2) is 0 Å². The highest BCUT2D eigenvalue weighted by atomic mass is 19.1. The van der Waals surface area contributed by atoms with Crippen molar-refractivity contribution in [1.29, 1.82) is 0 Å². The van der Waals surface area contributed by atoms with E-state index in [9.17, 15) is 18.8 Å². The van der Waals surface area contributed by atoms with Crippen molar-refractivity contribution in [1.82, 2.24) is 4.90 Å². The van der Waals surface area contributed by atoms with Gasteiger partial charge in [0.2, 0.25) is 11.8 Å². The number of nitrogens with zero attached hydrogens (tertiary/aromatic N) is 1. The molecule has 142 valence electrons. The highest BCUT2D eigenvalue weighted by Gasteiger charge is 2.59. The molecule has 7 heteroatoms. The topological polar surface area (TPSA) is 72.9 Å². The van der Waals surface area contributed by atoms with Crippen LogP contribution in [0.25, 0.3) is 0 Å². The molecule has 1 heterocycles. The molecule has 1 aromatic rings. The van der Waals surface area contributed by atoms with Gasteiger partial charge in [-0.15, -0.1) is 0 Å². The first kappa shape index (κ1) is 17.7. The van der Waals surface area contributed by atoms with Crippen LogP contribution in [0.3, 0.4) is 0 Å². The minimum absolute atomic E-state index is 0.121. The van der Waals surface area contributed by atoms with Gasteiger partial charge in [0, 0.05) is 6.42 Å². The summed E-state index contributed by atoms with van der Waals surface area (Å²) in [6.07, 6.45) is 5.34. The molecule has 1 saturated heterocycles. The number of ether oxygens (including phenoxy) is 2. The molecule has 0 aromatic heterocycles. The molecule has 2 amide bonds. The lowest BCUT2D eigenvalue weighted by Crippen LogP contribution is -2.38. The maximum Gasteiger partial charge on any atom is 0.326 e. The van der Waals surface area contributed by atoms with Gasteiger partial charge in [-0.2, -0.15) is 0 Å². The Morgan fingerprint density at radius 3 is 2.30 bits per heavy atom. The van der Waals surface area contributed by atoms with Crippen LogP contribution in [-0.2, 0) is 19.1 Å². The molecule has 2 fully saturated rings. The molecule has 4 unspecified atom stereocenters. The van der Waals surface area contributed by atoms with E-state index in [4.69, 9.17) is 9.47 Å². The number of imide groups is 1. The highest BCUT2D eigenvalue weighted by molar-refractivity contribution is 6.08. The largest absolute Gasteiger partial charge is 0.493 e. The van der Waals surface area contributed by atoms with Gasteiger partial charge in [-0.05, 0) is 42.5 Å². The normalized spacial score (nSPS) is 28.0. The Morgan fingerprint density at radius 1 is 1.04 bits per heavy atom. The number of amides is 2. The third-order valence-electron chi connectivity index (χ3n) is 5.48. The van der Waals surface area contributed by atoms with Crippen LogP contribution in [0.4, 0.5) is 4.39 Å². The number of benzene rings is 1. The lowest BCUT2D eigenvalue weighted by Gasteiger charge is -2.16. The van der Waals surface area contributed by atoms with Crippen LogP contribution in [0.15, 0.2) is 36.4 Å². The summed E-state index contributed by atoms with van der Waals surface area (Å²) < 4.78 is 23.3. The van der Waals surface area contributed by atoms with Crippen LogP contribution >= 0.6 is 0 Å². The minimum Gasteiger partial charge on any atom is -0.493 e. The van der Waals surface area contributed by atoms with E-state index in [2.05, 4.69) is 0 Å². The van der Waals surface area contributed by atoms with Crippen molar-refractivity contribution in [2.45, 2.75) is 12.8 Å². The van der Waals surface area contributed by atoms with E-state index in [1.165, 1.54) is 24.3 Å². The molecular weight excluding hydrogens is 353 g/mol. The summed E-state index contributed by atoms with van der Waals surface area (Å²) in [6.45, 7) is 0.0957. The van der Waals surface area contributed by atoms with Crippen molar-refractivity contribution >= 4 is 17.8 Å².